The summed E-state index contributed by atoms with van der Waals surface area (Å²) in [5.74, 6) is -0.712. The summed E-state index contributed by atoms with van der Waals surface area (Å²) in [4.78, 5) is 68.6. The molecule has 1 saturated heterocycles. The van der Waals surface area contributed by atoms with E-state index in [-0.39, 0.29) is 22.6 Å². The van der Waals surface area contributed by atoms with Gasteiger partial charge < -0.3 is 30.8 Å². The van der Waals surface area contributed by atoms with E-state index < -0.39 is 59.5 Å². The molecular weight excluding hydrogens is 572 g/mol. The molecule has 0 radical (unpaired) electrons. The van der Waals surface area contributed by atoms with Crippen LogP contribution in [-0.4, -0.2) is 105 Å². The maximum atomic E-state index is 13.2. The number of nitrogens with one attached hydrogen (secondary N) is 3. The molecule has 0 saturated carbocycles. The SMILES string of the molecule is Nc1ncn([C@]2(c3cc4[nH]c(-c5ccc6n[nH]nc6n5)nc4nc3-n3c(=O)nc[nH]c3=O)O[C@H](CO)[C@@H](O)[C@H]2O)c(=O)n1. The van der Waals surface area contributed by atoms with Gasteiger partial charge in [-0.15, -0.1) is 5.10 Å². The number of nitrogen functional groups attached to an aromatic ring is 1. The van der Waals surface area contributed by atoms with Gasteiger partial charge in [-0.3, -0.25) is 4.98 Å². The third-order valence-corrected chi connectivity index (χ3v) is 6.93. The number of hydrogen-bond acceptors (Lipinski definition) is 16. The number of aromatic amines is 3. The Balaban J connectivity index is 1.57. The van der Waals surface area contributed by atoms with Crippen molar-refractivity contribution in [3.8, 4) is 17.3 Å². The predicted octanol–water partition coefficient (Wildman–Crippen LogP) is -4.13. The van der Waals surface area contributed by atoms with Crippen LogP contribution >= 0.6 is 0 Å². The number of pyridine rings is 2. The largest absolute Gasteiger partial charge is 0.394 e. The topological polar surface area (TPSA) is 307 Å². The number of imidazole rings is 1. The molecule has 6 aromatic rings. The summed E-state index contributed by atoms with van der Waals surface area (Å²) >= 11 is 0. The van der Waals surface area contributed by atoms with Crippen LogP contribution in [0.1, 0.15) is 5.56 Å². The van der Waals surface area contributed by atoms with Crippen molar-refractivity contribution in [2.45, 2.75) is 24.0 Å². The average Bonchev–Trinajstić information content (AvgIpc) is 3.69. The number of nitrogens with two attached hydrogens (primary N) is 1. The Labute approximate surface area is 234 Å². The van der Waals surface area contributed by atoms with E-state index >= 15 is 0 Å². The third-order valence-electron chi connectivity index (χ3n) is 6.93. The van der Waals surface area contributed by atoms with Crippen LogP contribution in [0.15, 0.2) is 45.2 Å². The van der Waals surface area contributed by atoms with Crippen LogP contribution in [0.3, 0.4) is 0 Å². The molecule has 7 heterocycles. The minimum Gasteiger partial charge on any atom is -0.394 e. The van der Waals surface area contributed by atoms with Crippen molar-refractivity contribution in [2.24, 2.45) is 0 Å². The lowest BCUT2D eigenvalue weighted by atomic mass is 9.94. The number of aliphatic hydroxyl groups is 3. The monoisotopic (exact) mass is 590 g/mol. The predicted molar refractivity (Wildman–Crippen MR) is 140 cm³/mol. The second-order valence-electron chi connectivity index (χ2n) is 9.34. The van der Waals surface area contributed by atoms with Gasteiger partial charge in [0.25, 0.3) is 0 Å². The second-order valence-corrected chi connectivity index (χ2v) is 9.34. The molecule has 1 aliphatic rings. The highest BCUT2D eigenvalue weighted by molar-refractivity contribution is 5.79. The molecule has 21 heteroatoms. The maximum Gasteiger partial charge on any atom is 0.359 e. The fourth-order valence-electron chi connectivity index (χ4n) is 4.97. The molecular formula is C22H18N14O7. The smallest absolute Gasteiger partial charge is 0.359 e. The Kier molecular flexibility index (Phi) is 5.71. The summed E-state index contributed by atoms with van der Waals surface area (Å²) < 4.78 is 7.19. The Morgan fingerprint density at radius 2 is 1.86 bits per heavy atom. The summed E-state index contributed by atoms with van der Waals surface area (Å²) in [5.41, 5.74) is 0.862. The van der Waals surface area contributed by atoms with Crippen molar-refractivity contribution in [2.75, 3.05) is 12.3 Å². The molecule has 0 bridgehead atoms. The van der Waals surface area contributed by atoms with Crippen molar-refractivity contribution >= 4 is 28.3 Å². The zero-order chi connectivity index (χ0) is 30.0. The number of hydrogen-bond donors (Lipinski definition) is 7. The number of aromatic nitrogens is 13. The fourth-order valence-corrected chi connectivity index (χ4v) is 4.97. The van der Waals surface area contributed by atoms with Gasteiger partial charge in [0.05, 0.1) is 17.7 Å². The van der Waals surface area contributed by atoms with Gasteiger partial charge in [-0.25, -0.2) is 38.9 Å². The molecule has 0 aromatic carbocycles. The van der Waals surface area contributed by atoms with Crippen molar-refractivity contribution in [1.29, 1.82) is 0 Å². The van der Waals surface area contributed by atoms with Crippen molar-refractivity contribution in [3.63, 3.8) is 0 Å². The summed E-state index contributed by atoms with van der Waals surface area (Å²) in [6, 6.07) is 4.55. The highest BCUT2D eigenvalue weighted by Crippen LogP contribution is 2.43. The van der Waals surface area contributed by atoms with E-state index in [1.54, 1.807) is 12.1 Å². The first-order valence-electron chi connectivity index (χ1n) is 12.3. The Morgan fingerprint density at radius 1 is 1.02 bits per heavy atom. The number of fused-ring (bicyclic) bond motifs is 2. The third kappa shape index (κ3) is 3.83. The van der Waals surface area contributed by atoms with Crippen molar-refractivity contribution in [3.05, 3.63) is 67.9 Å². The van der Waals surface area contributed by atoms with E-state index in [0.717, 1.165) is 12.7 Å². The molecule has 1 aliphatic heterocycles. The molecule has 21 nitrogen and oxygen atoms in total. The number of anilines is 1. The highest BCUT2D eigenvalue weighted by Gasteiger charge is 2.59. The first-order valence-corrected chi connectivity index (χ1v) is 12.3. The molecule has 43 heavy (non-hydrogen) atoms. The molecule has 1 fully saturated rings. The Hall–Kier alpha value is -5.77. The van der Waals surface area contributed by atoms with Crippen LogP contribution < -0.4 is 22.8 Å². The zero-order valence-corrected chi connectivity index (χ0v) is 21.4. The molecule has 0 aliphatic carbocycles. The van der Waals surface area contributed by atoms with Crippen LogP contribution in [0.2, 0.25) is 0 Å². The number of rotatable bonds is 5. The van der Waals surface area contributed by atoms with Crippen LogP contribution in [0.4, 0.5) is 5.95 Å². The van der Waals surface area contributed by atoms with Crippen LogP contribution in [0.5, 0.6) is 0 Å². The molecule has 6 aromatic heterocycles. The van der Waals surface area contributed by atoms with Crippen LogP contribution in [0, 0.1) is 0 Å². The Morgan fingerprint density at radius 3 is 2.60 bits per heavy atom. The maximum absolute atomic E-state index is 13.2. The second kappa shape index (κ2) is 9.38. The fraction of sp³-hybridized carbons (Fsp3) is 0.227. The molecule has 4 atom stereocenters. The van der Waals surface area contributed by atoms with Gasteiger partial charge in [-0.05, 0) is 18.2 Å². The number of H-pyrrole nitrogens is 3. The lowest BCUT2D eigenvalue weighted by molar-refractivity contribution is -0.121. The van der Waals surface area contributed by atoms with Gasteiger partial charge in [0.2, 0.25) is 17.3 Å². The Bertz CT molecular complexity index is 2190. The van der Waals surface area contributed by atoms with Crippen molar-refractivity contribution < 1.29 is 20.1 Å². The molecule has 8 N–H and O–H groups in total. The lowest BCUT2D eigenvalue weighted by Crippen LogP contribution is -2.53. The highest BCUT2D eigenvalue weighted by atomic mass is 16.6. The summed E-state index contributed by atoms with van der Waals surface area (Å²) in [7, 11) is 0. The van der Waals surface area contributed by atoms with Gasteiger partial charge >= 0.3 is 17.1 Å². The molecule has 0 spiro atoms. The molecule has 0 amide bonds. The van der Waals surface area contributed by atoms with Gasteiger partial charge in [-0.1, -0.05) is 0 Å². The standard InChI is InChI=1S/C22H18N14O7/c23-18-26-6-35(21(42)31-18)22(13(39)12(38)11(4-37)43-22)7-3-10-15(30-17(7)36-19(40)24-5-25-20(36)41)29-14(28-10)8-1-2-9-16(27-8)33-34-32-9/h1-3,5-6,11-13,37-39H,4H2,(H2,23,31,42)(H,28,29,30)(H,24,25,40,41)(H,27,32,33,34)/t11-,12-,13-,22-/m1/s1. The van der Waals surface area contributed by atoms with Crippen LogP contribution in [-0.2, 0) is 10.5 Å². The van der Waals surface area contributed by atoms with Crippen molar-refractivity contribution in [1.82, 2.24) is 64.4 Å². The number of nitrogens with zero attached hydrogens (tertiary/aromatic N) is 10. The molecule has 218 valence electrons. The first-order chi connectivity index (χ1) is 20.7. The van der Waals surface area contributed by atoms with Gasteiger partial charge in [0.15, 0.2) is 17.3 Å². The van der Waals surface area contributed by atoms with E-state index in [9.17, 15) is 29.7 Å². The van der Waals surface area contributed by atoms with E-state index in [4.69, 9.17) is 10.5 Å². The van der Waals surface area contributed by atoms with E-state index in [1.807, 2.05) is 0 Å². The van der Waals surface area contributed by atoms with E-state index in [1.165, 1.54) is 6.07 Å². The quantitative estimate of drug-likeness (QED) is 0.100. The number of ether oxygens (including phenoxy) is 1. The zero-order valence-electron chi connectivity index (χ0n) is 21.4. The average molecular weight is 590 g/mol. The van der Waals surface area contributed by atoms with E-state index in [2.05, 4.69) is 55.3 Å². The number of aliphatic hydroxyl groups excluding tert-OH is 3. The summed E-state index contributed by atoms with van der Waals surface area (Å²) in [6.45, 7) is -0.798. The molecule has 0 unspecified atom stereocenters. The van der Waals surface area contributed by atoms with Gasteiger partial charge in [0.1, 0.15) is 42.2 Å². The van der Waals surface area contributed by atoms with Gasteiger partial charge in [0, 0.05) is 0 Å². The normalized spacial score (nSPS) is 22.1. The summed E-state index contributed by atoms with van der Waals surface area (Å²) in [6.07, 6.45) is -3.49. The molecule has 7 rings (SSSR count). The minimum absolute atomic E-state index is 0.0336. The van der Waals surface area contributed by atoms with E-state index in [0.29, 0.717) is 26.0 Å². The minimum atomic E-state index is -2.47. The van der Waals surface area contributed by atoms with Gasteiger partial charge in [-0.2, -0.15) is 24.8 Å². The summed E-state index contributed by atoms with van der Waals surface area (Å²) in [5, 5.41) is 42.6. The lowest BCUT2D eigenvalue weighted by Gasteiger charge is -2.34. The van der Waals surface area contributed by atoms with Crippen LogP contribution in [0.25, 0.3) is 39.7 Å². The first kappa shape index (κ1) is 26.1.